The lowest BCUT2D eigenvalue weighted by molar-refractivity contribution is -0.122. The van der Waals surface area contributed by atoms with E-state index < -0.39 is 10.7 Å². The van der Waals surface area contributed by atoms with E-state index in [0.29, 0.717) is 35.8 Å². The second-order valence-corrected chi connectivity index (χ2v) is 10.4. The van der Waals surface area contributed by atoms with Crippen LogP contribution in [0.5, 0.6) is 0 Å². The summed E-state index contributed by atoms with van der Waals surface area (Å²) in [7, 11) is 18.1. The maximum Gasteiger partial charge on any atom is 0.226 e. The first kappa shape index (κ1) is 22.5. The van der Waals surface area contributed by atoms with Gasteiger partial charge in [0.15, 0.2) is 4.77 Å². The Bertz CT molecular complexity index is 1160. The third-order valence-electron chi connectivity index (χ3n) is 6.83. The van der Waals surface area contributed by atoms with Gasteiger partial charge in [0.25, 0.3) is 0 Å². The fourth-order valence-corrected chi connectivity index (χ4v) is 6.18. The average Bonchev–Trinajstić information content (AvgIpc) is 3.23. The van der Waals surface area contributed by atoms with Gasteiger partial charge in [0.1, 0.15) is 5.82 Å². The Morgan fingerprint density at radius 2 is 2.19 bits per heavy atom. The summed E-state index contributed by atoms with van der Waals surface area (Å²) in [5, 5.41) is 1.27. The van der Waals surface area contributed by atoms with E-state index in [9.17, 15) is 9.18 Å². The van der Waals surface area contributed by atoms with Crippen molar-refractivity contribution in [3.8, 4) is 0 Å². The maximum atomic E-state index is 14.8. The van der Waals surface area contributed by atoms with Gasteiger partial charge in [-0.05, 0) is 55.2 Å². The molecule has 2 aliphatic heterocycles. The number of amides is 1. The van der Waals surface area contributed by atoms with Gasteiger partial charge < -0.3 is 19.2 Å². The molecular formula is C21H20B3BrFN3O2S. The van der Waals surface area contributed by atoms with Crippen LogP contribution in [-0.2, 0) is 33.1 Å². The Morgan fingerprint density at radius 3 is 2.88 bits per heavy atom. The summed E-state index contributed by atoms with van der Waals surface area (Å²) in [6, 6.07) is 4.95. The number of rotatable bonds is 5. The molecule has 3 aliphatic rings. The standard InChI is InChI=1S/C21H20B3BrFN3O2S/c22-21(23,24)29-16(7-17(30)27-12-2-1-5-31-9-12)18-14-8-20(14,10-28(18)19(29)32)13-6-11(25)3-4-15(13)26/h3-4,6,12,14H,1-2,5,7-10H2,(H,27,30)/t12-,14+,20-/m1/s1. The van der Waals surface area contributed by atoms with Crippen LogP contribution >= 0.6 is 28.1 Å². The van der Waals surface area contributed by atoms with Crippen molar-refractivity contribution in [2.45, 2.75) is 54.8 Å². The molecule has 5 nitrogen and oxygen atoms in total. The van der Waals surface area contributed by atoms with E-state index in [-0.39, 0.29) is 30.1 Å². The van der Waals surface area contributed by atoms with Crippen LogP contribution < -0.4 is 5.32 Å². The molecular weight excluding hydrogens is 490 g/mol. The lowest BCUT2D eigenvalue weighted by atomic mass is 9.49. The number of carbonyl (C=O) groups excluding carboxylic acids is 1. The quantitative estimate of drug-likeness (QED) is 0.497. The summed E-state index contributed by atoms with van der Waals surface area (Å²) in [5.74, 6) is -0.409. The number of imidazole rings is 1. The Balaban J connectivity index is 1.51. The van der Waals surface area contributed by atoms with Gasteiger partial charge >= 0.3 is 0 Å². The first-order valence-electron chi connectivity index (χ1n) is 10.7. The summed E-state index contributed by atoms with van der Waals surface area (Å²) < 4.78 is 24.8. The van der Waals surface area contributed by atoms with Crippen molar-refractivity contribution in [2.75, 3.05) is 13.2 Å². The summed E-state index contributed by atoms with van der Waals surface area (Å²) in [5.41, 5.74) is 1.72. The van der Waals surface area contributed by atoms with Crippen LogP contribution in [0.25, 0.3) is 0 Å². The molecule has 3 heterocycles. The van der Waals surface area contributed by atoms with Crippen molar-refractivity contribution in [3.05, 3.63) is 50.2 Å². The van der Waals surface area contributed by atoms with Gasteiger partial charge in [0.05, 0.1) is 42.6 Å². The molecule has 1 saturated heterocycles. The number of hydrogen-bond donors (Lipinski definition) is 1. The molecule has 6 radical (unpaired) electrons. The Kier molecular flexibility index (Phi) is 5.53. The van der Waals surface area contributed by atoms with Crippen molar-refractivity contribution >= 4 is 57.6 Å². The summed E-state index contributed by atoms with van der Waals surface area (Å²) in [6.07, 6.45) is 2.57. The second kappa shape index (κ2) is 7.88. The van der Waals surface area contributed by atoms with Gasteiger partial charge in [-0.25, -0.2) is 4.39 Å². The van der Waals surface area contributed by atoms with Gasteiger partial charge in [-0.1, -0.05) is 21.2 Å². The molecule has 0 spiro atoms. The van der Waals surface area contributed by atoms with Crippen LogP contribution in [0.15, 0.2) is 22.7 Å². The number of fused-ring (bicyclic) bond motifs is 3. The Hall–Kier alpha value is -1.32. The highest BCUT2D eigenvalue weighted by molar-refractivity contribution is 9.10. The molecule has 0 unspecified atom stereocenters. The highest BCUT2D eigenvalue weighted by Gasteiger charge is 2.64. The van der Waals surface area contributed by atoms with E-state index in [4.69, 9.17) is 40.5 Å². The molecule has 1 aromatic carbocycles. The lowest BCUT2D eigenvalue weighted by Crippen LogP contribution is -2.42. The largest absolute Gasteiger partial charge is 0.379 e. The van der Waals surface area contributed by atoms with E-state index in [0.717, 1.165) is 29.4 Å². The van der Waals surface area contributed by atoms with Crippen LogP contribution in [0, 0.1) is 10.6 Å². The zero-order valence-corrected chi connectivity index (χ0v) is 19.8. The second-order valence-electron chi connectivity index (χ2n) is 9.12. The third kappa shape index (κ3) is 3.64. The number of aromatic nitrogens is 2. The SMILES string of the molecule is [B]C([B])([B])n1c(CC(=O)N[C@@H]2CCCOC2)c2n(c1=S)C[C@@]1(c3cc(Br)ccc3F)C[C@@H]21. The smallest absolute Gasteiger partial charge is 0.226 e. The van der Waals surface area contributed by atoms with Crippen molar-refractivity contribution in [3.63, 3.8) is 0 Å². The molecule has 2 aromatic rings. The normalized spacial score (nSPS) is 26.4. The minimum absolute atomic E-state index is 0.0115. The first-order chi connectivity index (χ1) is 15.1. The molecule has 1 saturated carbocycles. The predicted molar refractivity (Wildman–Crippen MR) is 127 cm³/mol. The number of ether oxygens (including phenoxy) is 1. The number of halogens is 2. The summed E-state index contributed by atoms with van der Waals surface area (Å²) >= 11 is 9.11. The van der Waals surface area contributed by atoms with E-state index in [1.54, 1.807) is 6.07 Å². The molecule has 1 N–H and O–H groups in total. The number of nitrogens with zero attached hydrogens (tertiary/aromatic N) is 2. The molecule has 32 heavy (non-hydrogen) atoms. The zero-order chi connectivity index (χ0) is 22.8. The van der Waals surface area contributed by atoms with Crippen LogP contribution in [0.4, 0.5) is 4.39 Å². The highest BCUT2D eigenvalue weighted by atomic mass is 79.9. The van der Waals surface area contributed by atoms with Gasteiger partial charge in [-0.3, -0.25) is 4.79 Å². The maximum absolute atomic E-state index is 14.8. The Labute approximate surface area is 203 Å². The zero-order valence-electron chi connectivity index (χ0n) is 17.4. The van der Waals surface area contributed by atoms with Gasteiger partial charge in [0.2, 0.25) is 5.91 Å². The number of nitrogens with one attached hydrogen (secondary N) is 1. The topological polar surface area (TPSA) is 48.2 Å². The van der Waals surface area contributed by atoms with Gasteiger partial charge in [0, 0.05) is 40.3 Å². The molecule has 160 valence electrons. The third-order valence-corrected chi connectivity index (χ3v) is 7.73. The summed E-state index contributed by atoms with van der Waals surface area (Å²) in [6.45, 7) is 1.70. The number of carbonyl (C=O) groups is 1. The molecule has 1 amide bonds. The lowest BCUT2D eigenvalue weighted by Gasteiger charge is -2.27. The molecule has 3 atom stereocenters. The van der Waals surface area contributed by atoms with Crippen molar-refractivity contribution in [2.24, 2.45) is 0 Å². The monoisotopic (exact) mass is 509 g/mol. The molecule has 11 heteroatoms. The van der Waals surface area contributed by atoms with Crippen molar-refractivity contribution in [1.29, 1.82) is 0 Å². The molecule has 5 rings (SSSR count). The molecule has 1 aliphatic carbocycles. The van der Waals surface area contributed by atoms with E-state index >= 15 is 0 Å². The molecule has 2 fully saturated rings. The summed E-state index contributed by atoms with van der Waals surface area (Å²) in [4.78, 5) is 12.9. The molecule has 1 aromatic heterocycles. The van der Waals surface area contributed by atoms with Crippen LogP contribution in [0.1, 0.15) is 42.1 Å². The predicted octanol–water partition coefficient (Wildman–Crippen LogP) is 2.27. The first-order valence-corrected chi connectivity index (χ1v) is 11.9. The van der Waals surface area contributed by atoms with Gasteiger partial charge in [-0.15, -0.1) is 0 Å². The minimum Gasteiger partial charge on any atom is -0.379 e. The fraction of sp³-hybridized carbons (Fsp3) is 0.524. The van der Waals surface area contributed by atoms with Crippen LogP contribution in [-0.4, -0.2) is 57.8 Å². The Morgan fingerprint density at radius 1 is 1.41 bits per heavy atom. The van der Waals surface area contributed by atoms with E-state index in [1.807, 2.05) is 10.6 Å². The van der Waals surface area contributed by atoms with Crippen LogP contribution in [0.3, 0.4) is 0 Å². The minimum atomic E-state index is -1.75. The van der Waals surface area contributed by atoms with Gasteiger partial charge in [-0.2, -0.15) is 0 Å². The highest BCUT2D eigenvalue weighted by Crippen LogP contribution is 2.67. The van der Waals surface area contributed by atoms with E-state index in [1.165, 1.54) is 10.6 Å². The van der Waals surface area contributed by atoms with Crippen LogP contribution in [0.2, 0.25) is 0 Å². The van der Waals surface area contributed by atoms with E-state index in [2.05, 4.69) is 21.2 Å². The van der Waals surface area contributed by atoms with Crippen molar-refractivity contribution in [1.82, 2.24) is 14.5 Å². The molecule has 0 bridgehead atoms. The average molecular weight is 510 g/mol. The number of benzene rings is 1. The number of hydrogen-bond acceptors (Lipinski definition) is 3. The van der Waals surface area contributed by atoms with Crippen molar-refractivity contribution < 1.29 is 13.9 Å². The fourth-order valence-electron chi connectivity index (χ4n) is 5.39.